The molecule has 174 valence electrons. The van der Waals surface area contributed by atoms with Crippen LogP contribution in [0.1, 0.15) is 33.9 Å². The quantitative estimate of drug-likeness (QED) is 0.345. The Kier molecular flexibility index (Phi) is 8.81. The highest BCUT2D eigenvalue weighted by molar-refractivity contribution is 5.91. The molecule has 0 aromatic heterocycles. The molecule has 0 spiro atoms. The molecule has 0 fully saturated rings. The summed E-state index contributed by atoms with van der Waals surface area (Å²) in [5, 5.41) is 2.83. The van der Waals surface area contributed by atoms with Crippen molar-refractivity contribution in [3.63, 3.8) is 0 Å². The Labute approximate surface area is 200 Å². The normalized spacial score (nSPS) is 12.0. The largest absolute Gasteiger partial charge is 0.496 e. The molecule has 1 atom stereocenters. The third-order valence-corrected chi connectivity index (χ3v) is 5.39. The van der Waals surface area contributed by atoms with E-state index >= 15 is 0 Å². The van der Waals surface area contributed by atoms with E-state index < -0.39 is 12.1 Å². The number of carbonyl (C=O) groups excluding carboxylic acids is 2. The van der Waals surface area contributed by atoms with Crippen LogP contribution in [-0.4, -0.2) is 25.5 Å². The summed E-state index contributed by atoms with van der Waals surface area (Å²) in [5.74, 6) is -0.0770. The van der Waals surface area contributed by atoms with Gasteiger partial charge in [0.05, 0.1) is 13.7 Å². The van der Waals surface area contributed by atoms with Crippen molar-refractivity contribution in [1.82, 2.24) is 5.32 Å². The molecule has 1 amide bonds. The smallest absolute Gasteiger partial charge is 0.331 e. The molecule has 0 bridgehead atoms. The van der Waals surface area contributed by atoms with Gasteiger partial charge in [0.1, 0.15) is 11.9 Å². The summed E-state index contributed by atoms with van der Waals surface area (Å²) in [7, 11) is 1.60. The number of benzene rings is 3. The Balaban J connectivity index is 1.75. The van der Waals surface area contributed by atoms with Gasteiger partial charge in [0.15, 0.2) is 0 Å². The van der Waals surface area contributed by atoms with E-state index in [0.29, 0.717) is 5.75 Å². The molecule has 0 aliphatic carbocycles. The van der Waals surface area contributed by atoms with Crippen LogP contribution in [0, 0.1) is 13.8 Å². The molecule has 1 N–H and O–H groups in total. The van der Waals surface area contributed by atoms with Crippen LogP contribution in [0.2, 0.25) is 0 Å². The molecule has 0 aliphatic heterocycles. The number of methoxy groups -OCH3 is 1. The second-order valence-corrected chi connectivity index (χ2v) is 7.82. The van der Waals surface area contributed by atoms with Crippen molar-refractivity contribution in [3.8, 4) is 5.75 Å². The first kappa shape index (κ1) is 24.5. The highest BCUT2D eigenvalue weighted by atomic mass is 16.5. The first-order valence-electron chi connectivity index (χ1n) is 11.1. The summed E-state index contributed by atoms with van der Waals surface area (Å²) in [5.41, 5.74) is 4.57. The van der Waals surface area contributed by atoms with Gasteiger partial charge in [-0.1, -0.05) is 66.7 Å². The summed E-state index contributed by atoms with van der Waals surface area (Å²) < 4.78 is 11.2. The number of aryl methyl sites for hydroxylation is 1. The maximum atomic E-state index is 12.6. The van der Waals surface area contributed by atoms with Crippen molar-refractivity contribution in [2.24, 2.45) is 0 Å². The summed E-state index contributed by atoms with van der Waals surface area (Å²) >= 11 is 0. The maximum absolute atomic E-state index is 12.6. The summed E-state index contributed by atoms with van der Waals surface area (Å²) in [6.07, 6.45) is 5.59. The molecule has 3 aromatic carbocycles. The summed E-state index contributed by atoms with van der Waals surface area (Å²) in [4.78, 5) is 25.0. The van der Waals surface area contributed by atoms with Crippen LogP contribution in [0.5, 0.6) is 5.75 Å². The van der Waals surface area contributed by atoms with Gasteiger partial charge in [0, 0.05) is 12.2 Å². The average Bonchev–Trinajstić information content (AvgIpc) is 2.86. The predicted molar refractivity (Wildman–Crippen MR) is 135 cm³/mol. The topological polar surface area (TPSA) is 64.6 Å². The monoisotopic (exact) mass is 455 g/mol. The SMILES string of the molecule is COc1cc([C@@H](CNC(=O)/C=C/c2ccccc2)OC(=O)/C=C/c2ccccc2)cc(C)c1C. The molecule has 3 aromatic rings. The standard InChI is InChI=1S/C29H29NO4/c1-21-18-25(19-26(33-3)22(21)2)27(34-29(32)17-15-24-12-8-5-9-13-24)20-30-28(31)16-14-23-10-6-4-7-11-23/h4-19,27H,20H2,1-3H3,(H,30,31)/b16-14+,17-15+/t27-/m1/s1. The molecule has 0 heterocycles. The third-order valence-electron chi connectivity index (χ3n) is 5.39. The molecule has 0 aliphatic rings. The zero-order valence-corrected chi connectivity index (χ0v) is 19.7. The van der Waals surface area contributed by atoms with Crippen molar-refractivity contribution in [3.05, 3.63) is 113 Å². The van der Waals surface area contributed by atoms with E-state index in [4.69, 9.17) is 9.47 Å². The van der Waals surface area contributed by atoms with Gasteiger partial charge in [-0.05, 0) is 59.9 Å². The summed E-state index contributed by atoms with van der Waals surface area (Å²) in [6, 6.07) is 22.8. The molecule has 34 heavy (non-hydrogen) atoms. The van der Waals surface area contributed by atoms with Crippen molar-refractivity contribution in [2.75, 3.05) is 13.7 Å². The molecule has 0 radical (unpaired) electrons. The maximum Gasteiger partial charge on any atom is 0.331 e. The molecule has 5 heteroatoms. The lowest BCUT2D eigenvalue weighted by atomic mass is 10.0. The third kappa shape index (κ3) is 7.20. The van der Waals surface area contributed by atoms with Crippen LogP contribution in [0.25, 0.3) is 12.2 Å². The van der Waals surface area contributed by atoms with Gasteiger partial charge >= 0.3 is 5.97 Å². The second kappa shape index (κ2) is 12.2. The predicted octanol–water partition coefficient (Wildman–Crippen LogP) is 5.44. The minimum atomic E-state index is -0.685. The molecule has 0 unspecified atom stereocenters. The Hall–Kier alpha value is -4.12. The van der Waals surface area contributed by atoms with Gasteiger partial charge in [-0.2, -0.15) is 0 Å². The number of amides is 1. The van der Waals surface area contributed by atoms with E-state index in [1.807, 2.05) is 86.6 Å². The molecule has 5 nitrogen and oxygen atoms in total. The van der Waals surface area contributed by atoms with Gasteiger partial charge in [-0.25, -0.2) is 4.79 Å². The van der Waals surface area contributed by atoms with Crippen molar-refractivity contribution < 1.29 is 19.1 Å². The lowest BCUT2D eigenvalue weighted by Gasteiger charge is -2.20. The molecule has 3 rings (SSSR count). The molecular weight excluding hydrogens is 426 g/mol. The van der Waals surface area contributed by atoms with Crippen molar-refractivity contribution in [1.29, 1.82) is 0 Å². The lowest BCUT2D eigenvalue weighted by Crippen LogP contribution is -2.29. The van der Waals surface area contributed by atoms with Gasteiger partial charge in [0.25, 0.3) is 0 Å². The molecule has 0 saturated heterocycles. The van der Waals surface area contributed by atoms with Gasteiger partial charge in [-0.15, -0.1) is 0 Å². The Morgan fingerprint density at radius 2 is 1.47 bits per heavy atom. The van der Waals surface area contributed by atoms with E-state index in [1.165, 1.54) is 12.2 Å². The van der Waals surface area contributed by atoms with Crippen molar-refractivity contribution >= 4 is 24.0 Å². The molecule has 0 saturated carbocycles. The Morgan fingerprint density at radius 3 is 2.06 bits per heavy atom. The highest BCUT2D eigenvalue weighted by Gasteiger charge is 2.19. The number of nitrogens with one attached hydrogen (secondary N) is 1. The fraction of sp³-hybridized carbons (Fsp3) is 0.172. The van der Waals surface area contributed by atoms with E-state index in [2.05, 4.69) is 5.32 Å². The zero-order chi connectivity index (χ0) is 24.3. The Morgan fingerprint density at radius 1 is 0.882 bits per heavy atom. The zero-order valence-electron chi connectivity index (χ0n) is 19.7. The fourth-order valence-electron chi connectivity index (χ4n) is 3.38. The van der Waals surface area contributed by atoms with Crippen LogP contribution >= 0.6 is 0 Å². The number of hydrogen-bond acceptors (Lipinski definition) is 4. The van der Waals surface area contributed by atoms with Crippen LogP contribution in [-0.2, 0) is 14.3 Å². The van der Waals surface area contributed by atoms with Gasteiger partial charge in [0.2, 0.25) is 5.91 Å². The number of carbonyl (C=O) groups is 2. The Bertz CT molecular complexity index is 1170. The fourth-order valence-corrected chi connectivity index (χ4v) is 3.38. The molecular formula is C29H29NO4. The minimum absolute atomic E-state index is 0.120. The first-order chi connectivity index (χ1) is 16.5. The van der Waals surface area contributed by atoms with E-state index in [0.717, 1.165) is 27.8 Å². The van der Waals surface area contributed by atoms with Gasteiger partial charge < -0.3 is 14.8 Å². The van der Waals surface area contributed by atoms with Crippen LogP contribution in [0.15, 0.2) is 84.9 Å². The van der Waals surface area contributed by atoms with Crippen molar-refractivity contribution in [2.45, 2.75) is 20.0 Å². The van der Waals surface area contributed by atoms with E-state index in [1.54, 1.807) is 19.3 Å². The van der Waals surface area contributed by atoms with Crippen LogP contribution in [0.3, 0.4) is 0 Å². The van der Waals surface area contributed by atoms with Crippen LogP contribution < -0.4 is 10.1 Å². The number of esters is 1. The second-order valence-electron chi connectivity index (χ2n) is 7.82. The van der Waals surface area contributed by atoms with E-state index in [9.17, 15) is 9.59 Å². The van der Waals surface area contributed by atoms with E-state index in [-0.39, 0.29) is 12.5 Å². The van der Waals surface area contributed by atoms with Gasteiger partial charge in [-0.3, -0.25) is 4.79 Å². The summed E-state index contributed by atoms with van der Waals surface area (Å²) in [6.45, 7) is 4.06. The number of ether oxygens (including phenoxy) is 2. The highest BCUT2D eigenvalue weighted by Crippen LogP contribution is 2.28. The first-order valence-corrected chi connectivity index (χ1v) is 11.1. The number of hydrogen-bond donors (Lipinski definition) is 1. The van der Waals surface area contributed by atoms with Crippen LogP contribution in [0.4, 0.5) is 0 Å². The number of rotatable bonds is 9. The minimum Gasteiger partial charge on any atom is -0.496 e. The average molecular weight is 456 g/mol. The lowest BCUT2D eigenvalue weighted by molar-refractivity contribution is -0.143.